The molecule has 3 heteroatoms. The molecule has 0 unspecified atom stereocenters. The monoisotopic (exact) mass is 407 g/mol. The second kappa shape index (κ2) is 9.68. The molecule has 0 bridgehead atoms. The maximum absolute atomic E-state index is 5.45. The van der Waals surface area contributed by atoms with Crippen molar-refractivity contribution in [3.8, 4) is 11.5 Å². The third-order valence-electron chi connectivity index (χ3n) is 5.04. The van der Waals surface area contributed by atoms with Crippen LogP contribution in [0.5, 0.6) is 11.5 Å². The number of rotatable bonds is 7. The summed E-state index contributed by atoms with van der Waals surface area (Å²) in [5, 5.41) is 0. The average molecular weight is 408 g/mol. The summed E-state index contributed by atoms with van der Waals surface area (Å²) in [4.78, 5) is 2.19. The number of ether oxygens (including phenoxy) is 2. The molecule has 0 radical (unpaired) electrons. The van der Waals surface area contributed by atoms with Crippen LogP contribution in [0, 0.1) is 0 Å². The predicted octanol–water partition coefficient (Wildman–Crippen LogP) is 7.34. The van der Waals surface area contributed by atoms with Crippen LogP contribution >= 0.6 is 0 Å². The summed E-state index contributed by atoms with van der Waals surface area (Å²) in [6, 6.07) is 34.9. The van der Waals surface area contributed by atoms with E-state index in [4.69, 9.17) is 9.47 Å². The average Bonchev–Trinajstić information content (AvgIpc) is 2.84. The van der Waals surface area contributed by atoms with Crippen molar-refractivity contribution in [1.29, 1.82) is 0 Å². The lowest BCUT2D eigenvalue weighted by atomic mass is 10.1. The zero-order chi connectivity index (χ0) is 21.5. The third-order valence-corrected chi connectivity index (χ3v) is 5.04. The Balaban J connectivity index is 1.70. The smallest absolute Gasteiger partial charge is 0.120 e. The minimum atomic E-state index is 0.813. The van der Waals surface area contributed by atoms with Crippen molar-refractivity contribution in [2.75, 3.05) is 19.1 Å². The van der Waals surface area contributed by atoms with Gasteiger partial charge in [-0.2, -0.15) is 0 Å². The Labute approximate surface area is 183 Å². The van der Waals surface area contributed by atoms with Gasteiger partial charge >= 0.3 is 0 Å². The Hall–Kier alpha value is -3.98. The fourth-order valence-corrected chi connectivity index (χ4v) is 3.44. The molecule has 0 aliphatic rings. The SMILES string of the molecule is COc1cccc(N(c2ccc(C=Cc3ccccc3)cc2)c2cccc(OC)c2)c1. The van der Waals surface area contributed by atoms with E-state index in [9.17, 15) is 0 Å². The van der Waals surface area contributed by atoms with Crippen molar-refractivity contribution < 1.29 is 9.47 Å². The summed E-state index contributed by atoms with van der Waals surface area (Å²) < 4.78 is 10.9. The highest BCUT2D eigenvalue weighted by atomic mass is 16.5. The first-order valence-corrected chi connectivity index (χ1v) is 10.2. The number of hydrogen-bond acceptors (Lipinski definition) is 3. The molecule has 4 rings (SSSR count). The first-order chi connectivity index (χ1) is 15.3. The molecular formula is C28H25NO2. The molecule has 0 amide bonds. The molecule has 0 aliphatic heterocycles. The molecular weight excluding hydrogens is 382 g/mol. The van der Waals surface area contributed by atoms with Crippen LogP contribution in [0.4, 0.5) is 17.1 Å². The fraction of sp³-hybridized carbons (Fsp3) is 0.0714. The van der Waals surface area contributed by atoms with Crippen LogP contribution in [0.25, 0.3) is 12.2 Å². The summed E-state index contributed by atoms with van der Waals surface area (Å²) in [5.41, 5.74) is 5.41. The van der Waals surface area contributed by atoms with E-state index in [1.807, 2.05) is 54.6 Å². The van der Waals surface area contributed by atoms with E-state index >= 15 is 0 Å². The Morgan fingerprint density at radius 3 is 1.55 bits per heavy atom. The minimum absolute atomic E-state index is 0.813. The summed E-state index contributed by atoms with van der Waals surface area (Å²) in [7, 11) is 3.37. The van der Waals surface area contributed by atoms with Gasteiger partial charge in [-0.3, -0.25) is 0 Å². The van der Waals surface area contributed by atoms with E-state index in [-0.39, 0.29) is 0 Å². The topological polar surface area (TPSA) is 21.7 Å². The van der Waals surface area contributed by atoms with E-state index in [1.165, 1.54) is 5.56 Å². The van der Waals surface area contributed by atoms with Gasteiger partial charge in [-0.05, 0) is 47.5 Å². The number of anilines is 3. The molecule has 0 atom stereocenters. The summed E-state index contributed by atoms with van der Waals surface area (Å²) in [6.45, 7) is 0. The van der Waals surface area contributed by atoms with E-state index in [2.05, 4.69) is 65.6 Å². The lowest BCUT2D eigenvalue weighted by Gasteiger charge is -2.26. The zero-order valence-corrected chi connectivity index (χ0v) is 17.7. The van der Waals surface area contributed by atoms with Crippen molar-refractivity contribution >= 4 is 29.2 Å². The van der Waals surface area contributed by atoms with E-state index in [1.54, 1.807) is 14.2 Å². The second-order valence-corrected chi connectivity index (χ2v) is 7.07. The molecule has 0 spiro atoms. The van der Waals surface area contributed by atoms with Crippen LogP contribution < -0.4 is 14.4 Å². The molecule has 0 heterocycles. The van der Waals surface area contributed by atoms with Gasteiger partial charge < -0.3 is 14.4 Å². The van der Waals surface area contributed by atoms with Crippen LogP contribution in [0.3, 0.4) is 0 Å². The Kier molecular flexibility index (Phi) is 6.34. The number of benzene rings is 4. The summed E-state index contributed by atoms with van der Waals surface area (Å²) in [5.74, 6) is 1.63. The van der Waals surface area contributed by atoms with Crippen LogP contribution in [-0.4, -0.2) is 14.2 Å². The van der Waals surface area contributed by atoms with Crippen LogP contribution in [0.1, 0.15) is 11.1 Å². The lowest BCUT2D eigenvalue weighted by molar-refractivity contribution is 0.414. The van der Waals surface area contributed by atoms with Crippen LogP contribution in [-0.2, 0) is 0 Å². The maximum Gasteiger partial charge on any atom is 0.120 e. The Morgan fingerprint density at radius 2 is 1.03 bits per heavy atom. The van der Waals surface area contributed by atoms with Crippen LogP contribution in [0.2, 0.25) is 0 Å². The Bertz CT molecular complexity index is 1100. The summed E-state index contributed by atoms with van der Waals surface area (Å²) in [6.07, 6.45) is 4.25. The van der Waals surface area contributed by atoms with E-state index in [0.717, 1.165) is 34.1 Å². The van der Waals surface area contributed by atoms with E-state index < -0.39 is 0 Å². The fourth-order valence-electron chi connectivity index (χ4n) is 3.44. The highest BCUT2D eigenvalue weighted by molar-refractivity contribution is 5.79. The first-order valence-electron chi connectivity index (χ1n) is 10.2. The number of methoxy groups -OCH3 is 2. The van der Waals surface area contributed by atoms with Gasteiger partial charge in [0.05, 0.1) is 14.2 Å². The zero-order valence-electron chi connectivity index (χ0n) is 17.7. The van der Waals surface area contributed by atoms with Crippen molar-refractivity contribution in [3.63, 3.8) is 0 Å². The normalized spacial score (nSPS) is 10.8. The predicted molar refractivity (Wildman–Crippen MR) is 130 cm³/mol. The van der Waals surface area contributed by atoms with Crippen molar-refractivity contribution in [2.45, 2.75) is 0 Å². The highest BCUT2D eigenvalue weighted by Gasteiger charge is 2.14. The number of nitrogens with zero attached hydrogens (tertiary/aromatic N) is 1. The van der Waals surface area contributed by atoms with Gasteiger partial charge in [-0.15, -0.1) is 0 Å². The molecule has 0 saturated carbocycles. The van der Waals surface area contributed by atoms with Crippen molar-refractivity contribution in [2.24, 2.45) is 0 Å². The molecule has 4 aromatic carbocycles. The van der Waals surface area contributed by atoms with E-state index in [0.29, 0.717) is 0 Å². The molecule has 0 fully saturated rings. The quantitative estimate of drug-likeness (QED) is 0.299. The largest absolute Gasteiger partial charge is 0.497 e. The van der Waals surface area contributed by atoms with Gasteiger partial charge in [0.15, 0.2) is 0 Å². The maximum atomic E-state index is 5.45. The summed E-state index contributed by atoms with van der Waals surface area (Å²) >= 11 is 0. The lowest BCUT2D eigenvalue weighted by Crippen LogP contribution is -2.10. The van der Waals surface area contributed by atoms with Gasteiger partial charge in [0.25, 0.3) is 0 Å². The van der Waals surface area contributed by atoms with Crippen molar-refractivity contribution in [3.05, 3.63) is 114 Å². The molecule has 0 aliphatic carbocycles. The molecule has 0 N–H and O–H groups in total. The second-order valence-electron chi connectivity index (χ2n) is 7.07. The molecule has 4 aromatic rings. The molecule has 31 heavy (non-hydrogen) atoms. The number of hydrogen-bond donors (Lipinski definition) is 0. The third kappa shape index (κ3) is 4.96. The minimum Gasteiger partial charge on any atom is -0.497 e. The van der Waals surface area contributed by atoms with Gasteiger partial charge in [0.1, 0.15) is 11.5 Å². The molecule has 0 saturated heterocycles. The first kappa shape index (κ1) is 20.3. The van der Waals surface area contributed by atoms with Crippen LogP contribution in [0.15, 0.2) is 103 Å². The Morgan fingerprint density at radius 1 is 0.516 bits per heavy atom. The van der Waals surface area contributed by atoms with Gasteiger partial charge in [0, 0.05) is 29.2 Å². The van der Waals surface area contributed by atoms with Gasteiger partial charge in [0.2, 0.25) is 0 Å². The molecule has 0 aromatic heterocycles. The molecule has 154 valence electrons. The van der Waals surface area contributed by atoms with Gasteiger partial charge in [-0.25, -0.2) is 0 Å². The standard InChI is InChI=1S/C28H25NO2/c1-30-27-12-6-10-25(20-27)29(26-11-7-13-28(21-26)31-2)24-18-16-23(17-19-24)15-14-22-8-4-3-5-9-22/h3-21H,1-2H3. The molecule has 3 nitrogen and oxygen atoms in total. The van der Waals surface area contributed by atoms with Gasteiger partial charge in [-0.1, -0.05) is 66.7 Å². The highest BCUT2D eigenvalue weighted by Crippen LogP contribution is 2.37. The van der Waals surface area contributed by atoms with Crippen molar-refractivity contribution in [1.82, 2.24) is 0 Å².